The van der Waals surface area contributed by atoms with E-state index in [1.54, 1.807) is 11.8 Å². The van der Waals surface area contributed by atoms with Crippen molar-refractivity contribution in [2.24, 2.45) is 29.6 Å². The predicted octanol–water partition coefficient (Wildman–Crippen LogP) is 5.35. The maximum atomic E-state index is 14.0. The molecule has 3 fully saturated rings. The molecule has 4 unspecified atom stereocenters. The first-order valence-electron chi connectivity index (χ1n) is 15.3. The number of carbonyl (C=O) groups excluding carboxylic acids is 3. The van der Waals surface area contributed by atoms with E-state index in [-0.39, 0.29) is 63.8 Å². The number of hydrogen-bond donors (Lipinski definition) is 2. The fraction of sp³-hybridized carbons (Fsp3) is 0.294. The van der Waals surface area contributed by atoms with Gasteiger partial charge in [-0.3, -0.25) is 34.2 Å². The maximum Gasteiger partial charge on any atom is 0.305 e. The standard InChI is InChI=1S/C34H28N4O7S2/c1-16-5-4-6-17(13-16)35-24(39)15-45-23-8-3-2-7-20(23)25-26-21-14-22(29(26)46-31-30(25)47-34(42)36-31)28-27(21)32(40)37(33(28)41)18-9-11-19(12-10-18)38(43)44/h2-13,21-22,25-29H,14-15H2,1H3,(H,35,39)(H,36,42)/t21-,22-,25-,26?,27?,28?,29?/m1/s1. The molecule has 3 heterocycles. The normalized spacial score (nSPS) is 26.9. The number of non-ortho nitro benzene ring substituents is 1. The van der Waals surface area contributed by atoms with Crippen molar-refractivity contribution in [3.8, 4) is 5.75 Å². The van der Waals surface area contributed by atoms with Crippen molar-refractivity contribution in [1.82, 2.24) is 4.98 Å². The number of carbonyl (C=O) groups is 3. The number of ether oxygens (including phenoxy) is 1. The number of fused-ring (bicyclic) bond motifs is 9. The van der Waals surface area contributed by atoms with E-state index in [0.717, 1.165) is 32.4 Å². The van der Waals surface area contributed by atoms with Crippen molar-refractivity contribution >= 4 is 57.9 Å². The summed E-state index contributed by atoms with van der Waals surface area (Å²) in [6, 6.07) is 20.5. The summed E-state index contributed by atoms with van der Waals surface area (Å²) in [6.45, 7) is 1.73. The average Bonchev–Trinajstić information content (AvgIpc) is 3.79. The Bertz CT molecular complexity index is 2020. The monoisotopic (exact) mass is 668 g/mol. The molecule has 0 spiro atoms. The molecule has 8 rings (SSSR count). The van der Waals surface area contributed by atoms with Gasteiger partial charge in [-0.25, -0.2) is 0 Å². The van der Waals surface area contributed by atoms with E-state index in [1.165, 1.54) is 29.2 Å². The zero-order chi connectivity index (χ0) is 32.6. The second-order valence-electron chi connectivity index (χ2n) is 12.5. The van der Waals surface area contributed by atoms with Crippen LogP contribution >= 0.6 is 23.1 Å². The Morgan fingerprint density at radius 2 is 1.77 bits per heavy atom. The van der Waals surface area contributed by atoms with Gasteiger partial charge in [-0.1, -0.05) is 41.7 Å². The van der Waals surface area contributed by atoms with E-state index in [1.807, 2.05) is 55.5 Å². The van der Waals surface area contributed by atoms with Crippen LogP contribution in [0.25, 0.3) is 0 Å². The number of aromatic nitrogens is 1. The number of nitro benzene ring substituents is 1. The SMILES string of the molecule is Cc1cccc(NC(=O)COc2ccccc2[C@H]2c3sc(=O)[nH]c3SC3C2[C@H]2C[C@@H]3C3C(=O)N(c4ccc([N+](=O)[O-])cc4)C(=O)C32)c1. The van der Waals surface area contributed by atoms with Crippen LogP contribution in [-0.4, -0.2) is 39.5 Å². The Morgan fingerprint density at radius 3 is 2.51 bits per heavy atom. The molecule has 3 amide bonds. The number of H-pyrrole nitrogens is 1. The van der Waals surface area contributed by atoms with Crippen LogP contribution in [0.3, 0.4) is 0 Å². The molecule has 2 aliphatic carbocycles. The topological polar surface area (TPSA) is 152 Å². The highest BCUT2D eigenvalue weighted by molar-refractivity contribution is 8.00. The molecule has 7 atom stereocenters. The van der Waals surface area contributed by atoms with Crippen LogP contribution < -0.4 is 19.8 Å². The van der Waals surface area contributed by atoms with E-state index in [4.69, 9.17) is 4.74 Å². The number of benzene rings is 3. The summed E-state index contributed by atoms with van der Waals surface area (Å²) in [5.74, 6) is -1.94. The molecule has 1 saturated heterocycles. The van der Waals surface area contributed by atoms with E-state index in [0.29, 0.717) is 23.5 Å². The number of nitro groups is 1. The molecule has 47 heavy (non-hydrogen) atoms. The quantitative estimate of drug-likeness (QED) is 0.152. The van der Waals surface area contributed by atoms with Gasteiger partial charge in [-0.15, -0.1) is 11.8 Å². The van der Waals surface area contributed by atoms with Crippen molar-refractivity contribution in [2.45, 2.75) is 29.5 Å². The van der Waals surface area contributed by atoms with E-state index < -0.39 is 16.8 Å². The van der Waals surface area contributed by atoms with Crippen molar-refractivity contribution in [2.75, 3.05) is 16.8 Å². The number of thioether (sulfide) groups is 1. The van der Waals surface area contributed by atoms with Gasteiger partial charge in [0.15, 0.2) is 6.61 Å². The molecule has 13 heteroatoms. The third-order valence-corrected chi connectivity index (χ3v) is 12.5. The van der Waals surface area contributed by atoms with Gasteiger partial charge in [0.05, 0.1) is 27.5 Å². The fourth-order valence-electron chi connectivity index (χ4n) is 8.28. The van der Waals surface area contributed by atoms with Crippen LogP contribution in [0.2, 0.25) is 0 Å². The van der Waals surface area contributed by atoms with Gasteiger partial charge in [0.25, 0.3) is 11.6 Å². The first-order chi connectivity index (χ1) is 22.7. The fourth-order valence-corrected chi connectivity index (χ4v) is 11.2. The van der Waals surface area contributed by atoms with Crippen molar-refractivity contribution in [3.05, 3.63) is 109 Å². The molecular weight excluding hydrogens is 641 g/mol. The highest BCUT2D eigenvalue weighted by Crippen LogP contribution is 2.69. The third-order valence-electron chi connectivity index (χ3n) is 9.96. The predicted molar refractivity (Wildman–Crippen MR) is 176 cm³/mol. The number of aromatic amines is 1. The lowest BCUT2D eigenvalue weighted by Crippen LogP contribution is -2.42. The van der Waals surface area contributed by atoms with E-state index in [2.05, 4.69) is 10.3 Å². The molecule has 2 bridgehead atoms. The Hall–Kier alpha value is -4.75. The Morgan fingerprint density at radius 1 is 1.02 bits per heavy atom. The van der Waals surface area contributed by atoms with Crippen LogP contribution in [-0.2, 0) is 14.4 Å². The van der Waals surface area contributed by atoms with Gasteiger partial charge in [-0.05, 0) is 67.0 Å². The van der Waals surface area contributed by atoms with Crippen LogP contribution in [0.15, 0.2) is 82.6 Å². The molecule has 4 aliphatic rings. The van der Waals surface area contributed by atoms with Gasteiger partial charge in [0.2, 0.25) is 11.8 Å². The van der Waals surface area contributed by atoms with Crippen LogP contribution in [0, 0.1) is 46.6 Å². The maximum absolute atomic E-state index is 14.0. The molecule has 1 aromatic heterocycles. The minimum absolute atomic E-state index is 0.0322. The van der Waals surface area contributed by atoms with Crippen LogP contribution in [0.1, 0.15) is 28.3 Å². The Labute approximate surface area is 276 Å². The van der Waals surface area contributed by atoms with E-state index >= 15 is 0 Å². The van der Waals surface area contributed by atoms with Gasteiger partial charge in [0, 0.05) is 39.4 Å². The number of nitrogens with zero attached hydrogens (tertiary/aromatic N) is 2. The van der Waals surface area contributed by atoms with Crippen molar-refractivity contribution in [3.63, 3.8) is 0 Å². The molecule has 4 aromatic rings. The summed E-state index contributed by atoms with van der Waals surface area (Å²) in [5, 5.41) is 14.8. The van der Waals surface area contributed by atoms with Gasteiger partial charge >= 0.3 is 4.87 Å². The minimum Gasteiger partial charge on any atom is -0.483 e. The molecule has 2 aliphatic heterocycles. The first kappa shape index (κ1) is 29.6. The number of nitrogens with one attached hydrogen (secondary N) is 2. The Kier molecular flexibility index (Phi) is 7.06. The molecular formula is C34H28N4O7S2. The van der Waals surface area contributed by atoms with Gasteiger partial charge in [0.1, 0.15) is 5.75 Å². The van der Waals surface area contributed by atoms with Gasteiger partial charge < -0.3 is 15.0 Å². The number of rotatable bonds is 7. The molecule has 0 radical (unpaired) electrons. The number of hydrogen-bond acceptors (Lipinski definition) is 9. The lowest BCUT2D eigenvalue weighted by Gasteiger charge is -2.43. The smallest absolute Gasteiger partial charge is 0.305 e. The zero-order valence-electron chi connectivity index (χ0n) is 25.0. The first-order valence-corrected chi connectivity index (χ1v) is 17.0. The van der Waals surface area contributed by atoms with E-state index in [9.17, 15) is 29.3 Å². The third kappa shape index (κ3) is 4.78. The Balaban J connectivity index is 1.11. The largest absolute Gasteiger partial charge is 0.483 e. The van der Waals surface area contributed by atoms with Crippen molar-refractivity contribution < 1.29 is 24.0 Å². The average molecular weight is 669 g/mol. The summed E-state index contributed by atoms with van der Waals surface area (Å²) < 4.78 is 6.15. The number of para-hydroxylation sites is 1. The molecule has 3 aromatic carbocycles. The van der Waals surface area contributed by atoms with Crippen molar-refractivity contribution in [1.29, 1.82) is 0 Å². The molecule has 2 saturated carbocycles. The number of thiazole rings is 1. The summed E-state index contributed by atoms with van der Waals surface area (Å²) in [5.41, 5.74) is 2.74. The minimum atomic E-state index is -0.530. The summed E-state index contributed by atoms with van der Waals surface area (Å²) in [4.78, 5) is 69.1. The molecule has 11 nitrogen and oxygen atoms in total. The highest BCUT2D eigenvalue weighted by Gasteiger charge is 2.69. The number of imide groups is 1. The lowest BCUT2D eigenvalue weighted by molar-refractivity contribution is -0.384. The summed E-state index contributed by atoms with van der Waals surface area (Å²) >= 11 is 2.73. The number of amides is 3. The zero-order valence-corrected chi connectivity index (χ0v) is 26.6. The second kappa shape index (κ2) is 11.2. The van der Waals surface area contributed by atoms with Crippen LogP contribution in [0.5, 0.6) is 5.75 Å². The number of anilines is 2. The second-order valence-corrected chi connectivity index (χ2v) is 14.7. The highest BCUT2D eigenvalue weighted by atomic mass is 32.2. The van der Waals surface area contributed by atoms with Gasteiger partial charge in [-0.2, -0.15) is 0 Å². The summed E-state index contributed by atoms with van der Waals surface area (Å²) in [6.07, 6.45) is 0.709. The lowest BCUT2D eigenvalue weighted by atomic mass is 9.68. The number of aryl methyl sites for hydroxylation is 1. The molecule has 2 N–H and O–H groups in total. The molecule has 238 valence electrons. The van der Waals surface area contributed by atoms with Crippen LogP contribution in [0.4, 0.5) is 17.1 Å². The summed E-state index contributed by atoms with van der Waals surface area (Å²) in [7, 11) is 0.